The van der Waals surface area contributed by atoms with Gasteiger partial charge in [0.2, 0.25) is 0 Å². The number of amides is 1. The van der Waals surface area contributed by atoms with Gasteiger partial charge in [0.1, 0.15) is 0 Å². The lowest BCUT2D eigenvalue weighted by atomic mass is 10.2. The predicted molar refractivity (Wildman–Crippen MR) is 93.5 cm³/mol. The number of rotatable bonds is 3. The van der Waals surface area contributed by atoms with E-state index in [1.807, 2.05) is 35.2 Å². The van der Waals surface area contributed by atoms with Gasteiger partial charge < -0.3 is 19.9 Å². The van der Waals surface area contributed by atoms with Gasteiger partial charge in [0.25, 0.3) is 5.91 Å². The fourth-order valence-electron chi connectivity index (χ4n) is 2.99. The van der Waals surface area contributed by atoms with Crippen LogP contribution in [0, 0.1) is 0 Å². The number of thiocarbonyl (C=S) groups is 1. The molecule has 124 valence electrons. The molecule has 1 atom stereocenters. The minimum absolute atomic E-state index is 0.100. The molecule has 1 amide bonds. The van der Waals surface area contributed by atoms with Gasteiger partial charge in [-0.05, 0) is 37.2 Å². The number of piperazine rings is 1. The van der Waals surface area contributed by atoms with Crippen LogP contribution in [0.2, 0.25) is 0 Å². The first-order valence-electron chi connectivity index (χ1n) is 8.23. The van der Waals surface area contributed by atoms with Crippen LogP contribution in [-0.4, -0.2) is 66.3 Å². The summed E-state index contributed by atoms with van der Waals surface area (Å²) in [6, 6.07) is 9.44. The van der Waals surface area contributed by atoms with Crippen molar-refractivity contribution in [1.29, 1.82) is 0 Å². The number of ether oxygens (including phenoxy) is 1. The Hall–Kier alpha value is -1.66. The van der Waals surface area contributed by atoms with Crippen molar-refractivity contribution in [3.05, 3.63) is 35.9 Å². The van der Waals surface area contributed by atoms with Crippen LogP contribution in [0.1, 0.15) is 23.2 Å². The van der Waals surface area contributed by atoms with E-state index in [2.05, 4.69) is 10.2 Å². The second-order valence-corrected chi connectivity index (χ2v) is 6.35. The third kappa shape index (κ3) is 4.20. The van der Waals surface area contributed by atoms with Crippen LogP contribution in [0.3, 0.4) is 0 Å². The molecule has 1 aromatic carbocycles. The summed E-state index contributed by atoms with van der Waals surface area (Å²) < 4.78 is 5.59. The number of nitrogens with one attached hydrogen (secondary N) is 1. The molecule has 0 radical (unpaired) electrons. The van der Waals surface area contributed by atoms with Crippen molar-refractivity contribution >= 4 is 23.2 Å². The van der Waals surface area contributed by atoms with E-state index in [4.69, 9.17) is 17.0 Å². The molecule has 0 saturated carbocycles. The number of benzene rings is 1. The normalized spacial score (nSPS) is 21.3. The summed E-state index contributed by atoms with van der Waals surface area (Å²) in [5.74, 6) is 0.100. The number of hydrogen-bond donors (Lipinski definition) is 1. The minimum atomic E-state index is 0.100. The Kier molecular flexibility index (Phi) is 5.46. The van der Waals surface area contributed by atoms with Crippen molar-refractivity contribution in [3.8, 4) is 0 Å². The van der Waals surface area contributed by atoms with Gasteiger partial charge in [0.15, 0.2) is 5.11 Å². The van der Waals surface area contributed by atoms with E-state index in [1.54, 1.807) is 0 Å². The van der Waals surface area contributed by atoms with Crippen LogP contribution in [0.4, 0.5) is 0 Å². The lowest BCUT2D eigenvalue weighted by molar-refractivity contribution is 0.0690. The van der Waals surface area contributed by atoms with Gasteiger partial charge in [-0.1, -0.05) is 18.2 Å². The van der Waals surface area contributed by atoms with Crippen molar-refractivity contribution in [2.24, 2.45) is 0 Å². The molecule has 0 spiro atoms. The minimum Gasteiger partial charge on any atom is -0.376 e. The van der Waals surface area contributed by atoms with Crippen molar-refractivity contribution in [2.45, 2.75) is 18.9 Å². The van der Waals surface area contributed by atoms with E-state index >= 15 is 0 Å². The summed E-state index contributed by atoms with van der Waals surface area (Å²) >= 11 is 5.46. The first-order chi connectivity index (χ1) is 11.2. The molecule has 0 aromatic heterocycles. The van der Waals surface area contributed by atoms with Gasteiger partial charge in [-0.15, -0.1) is 0 Å². The number of nitrogens with zero attached hydrogens (tertiary/aromatic N) is 2. The van der Waals surface area contributed by atoms with Crippen LogP contribution < -0.4 is 5.32 Å². The van der Waals surface area contributed by atoms with Crippen LogP contribution in [-0.2, 0) is 4.74 Å². The maximum atomic E-state index is 12.4. The summed E-state index contributed by atoms with van der Waals surface area (Å²) in [6.45, 7) is 4.60. The number of carbonyl (C=O) groups is 1. The summed E-state index contributed by atoms with van der Waals surface area (Å²) in [5.41, 5.74) is 0.750. The molecule has 1 aromatic rings. The molecule has 3 rings (SSSR count). The first-order valence-corrected chi connectivity index (χ1v) is 8.63. The van der Waals surface area contributed by atoms with Gasteiger partial charge in [0, 0.05) is 44.9 Å². The third-order valence-corrected chi connectivity index (χ3v) is 4.78. The monoisotopic (exact) mass is 333 g/mol. The molecular weight excluding hydrogens is 310 g/mol. The van der Waals surface area contributed by atoms with Crippen LogP contribution in [0.5, 0.6) is 0 Å². The predicted octanol–water partition coefficient (Wildman–Crippen LogP) is 1.50. The van der Waals surface area contributed by atoms with Crippen molar-refractivity contribution in [1.82, 2.24) is 15.1 Å². The highest BCUT2D eigenvalue weighted by molar-refractivity contribution is 7.80. The summed E-state index contributed by atoms with van der Waals surface area (Å²) in [5, 5.41) is 4.07. The molecule has 0 bridgehead atoms. The Morgan fingerprint density at radius 1 is 1.17 bits per heavy atom. The molecule has 0 unspecified atom stereocenters. The average Bonchev–Trinajstić information content (AvgIpc) is 3.13. The maximum Gasteiger partial charge on any atom is 0.253 e. The van der Waals surface area contributed by atoms with Crippen LogP contribution >= 0.6 is 12.2 Å². The molecule has 0 aliphatic carbocycles. The summed E-state index contributed by atoms with van der Waals surface area (Å²) in [6.07, 6.45) is 2.53. The van der Waals surface area contributed by atoms with E-state index in [9.17, 15) is 4.79 Å². The third-order valence-electron chi connectivity index (χ3n) is 4.38. The molecule has 2 aliphatic rings. The molecule has 2 fully saturated rings. The summed E-state index contributed by atoms with van der Waals surface area (Å²) in [7, 11) is 0. The van der Waals surface area contributed by atoms with Gasteiger partial charge in [-0.25, -0.2) is 0 Å². The fraction of sp³-hybridized carbons (Fsp3) is 0.529. The fourth-order valence-corrected chi connectivity index (χ4v) is 3.26. The molecule has 2 heterocycles. The van der Waals surface area contributed by atoms with E-state index in [1.165, 1.54) is 0 Å². The standard InChI is InChI=1S/C17H23N3O2S/c21-16(14-5-2-1-3-6-14)19-8-10-20(11-9-19)17(23)18-13-15-7-4-12-22-15/h1-3,5-6,15H,4,7-13H2,(H,18,23)/t15-/m1/s1. The van der Waals surface area contributed by atoms with E-state index in [0.29, 0.717) is 13.1 Å². The maximum absolute atomic E-state index is 12.4. The number of carbonyl (C=O) groups excluding carboxylic acids is 1. The quantitative estimate of drug-likeness (QED) is 0.850. The molecule has 6 heteroatoms. The molecule has 2 saturated heterocycles. The Balaban J connectivity index is 1.44. The largest absolute Gasteiger partial charge is 0.376 e. The highest BCUT2D eigenvalue weighted by Crippen LogP contribution is 2.12. The van der Waals surface area contributed by atoms with Crippen molar-refractivity contribution in [3.63, 3.8) is 0 Å². The van der Waals surface area contributed by atoms with Gasteiger partial charge in [-0.3, -0.25) is 4.79 Å². The van der Waals surface area contributed by atoms with Crippen LogP contribution in [0.15, 0.2) is 30.3 Å². The van der Waals surface area contributed by atoms with Crippen LogP contribution in [0.25, 0.3) is 0 Å². The Bertz CT molecular complexity index is 538. The molecule has 5 nitrogen and oxygen atoms in total. The average molecular weight is 333 g/mol. The van der Waals surface area contributed by atoms with Crippen molar-refractivity contribution < 1.29 is 9.53 Å². The van der Waals surface area contributed by atoms with Gasteiger partial charge in [-0.2, -0.15) is 0 Å². The van der Waals surface area contributed by atoms with Crippen molar-refractivity contribution in [2.75, 3.05) is 39.3 Å². The smallest absolute Gasteiger partial charge is 0.253 e. The lowest BCUT2D eigenvalue weighted by Crippen LogP contribution is -2.53. The highest BCUT2D eigenvalue weighted by atomic mass is 32.1. The molecule has 23 heavy (non-hydrogen) atoms. The summed E-state index contributed by atoms with van der Waals surface area (Å²) in [4.78, 5) is 16.5. The van der Waals surface area contributed by atoms with Gasteiger partial charge >= 0.3 is 0 Å². The first kappa shape index (κ1) is 16.2. The topological polar surface area (TPSA) is 44.8 Å². The molecule has 1 N–H and O–H groups in total. The molecule has 2 aliphatic heterocycles. The Labute approximate surface area is 142 Å². The Morgan fingerprint density at radius 2 is 1.87 bits per heavy atom. The van der Waals surface area contributed by atoms with Gasteiger partial charge in [0.05, 0.1) is 6.10 Å². The SMILES string of the molecule is O=C(c1ccccc1)N1CCN(C(=S)NC[C@H]2CCCO2)CC1. The zero-order valence-electron chi connectivity index (χ0n) is 13.2. The second-order valence-electron chi connectivity index (χ2n) is 5.97. The molecular formula is C17H23N3O2S. The highest BCUT2D eigenvalue weighted by Gasteiger charge is 2.24. The number of hydrogen-bond acceptors (Lipinski definition) is 3. The van der Waals surface area contributed by atoms with E-state index in [0.717, 1.165) is 49.8 Å². The Morgan fingerprint density at radius 3 is 2.52 bits per heavy atom. The van der Waals surface area contributed by atoms with E-state index in [-0.39, 0.29) is 12.0 Å². The van der Waals surface area contributed by atoms with E-state index < -0.39 is 0 Å². The zero-order valence-corrected chi connectivity index (χ0v) is 14.1. The lowest BCUT2D eigenvalue weighted by Gasteiger charge is -2.36. The zero-order chi connectivity index (χ0) is 16.1. The second kappa shape index (κ2) is 7.75.